The Morgan fingerprint density at radius 2 is 2.00 bits per heavy atom. The van der Waals surface area contributed by atoms with Crippen molar-refractivity contribution in [3.63, 3.8) is 0 Å². The molecule has 0 radical (unpaired) electrons. The molecule has 0 rings (SSSR count). The summed E-state index contributed by atoms with van der Waals surface area (Å²) in [7, 11) is 0. The second-order valence-electron chi connectivity index (χ2n) is 2.70. The van der Waals surface area contributed by atoms with Gasteiger partial charge in [0.2, 0.25) is 0 Å². The normalized spacial score (nSPS) is 15.5. The zero-order chi connectivity index (χ0) is 8.85. The molecule has 0 aromatic heterocycles. The largest absolute Gasteiger partial charge is 0.385 e. The van der Waals surface area contributed by atoms with E-state index in [-0.39, 0.29) is 0 Å². The molecule has 0 aliphatic carbocycles. The predicted octanol–water partition coefficient (Wildman–Crippen LogP) is 2.45. The zero-order valence-corrected chi connectivity index (χ0v) is 7.46. The van der Waals surface area contributed by atoms with Gasteiger partial charge in [-0.3, -0.25) is 0 Å². The Hall–Kier alpha value is -0.820. The minimum absolute atomic E-state index is 0.508. The summed E-state index contributed by atoms with van der Waals surface area (Å²) < 4.78 is 0. The first-order valence-electron chi connectivity index (χ1n) is 3.72. The molecule has 0 bridgehead atoms. The van der Waals surface area contributed by atoms with E-state index in [0.29, 0.717) is 0 Å². The topological polar surface area (TPSA) is 20.2 Å². The molecule has 0 heterocycles. The first-order valence-corrected chi connectivity index (χ1v) is 3.72. The molecule has 0 saturated carbocycles. The van der Waals surface area contributed by atoms with E-state index in [9.17, 15) is 5.11 Å². The summed E-state index contributed by atoms with van der Waals surface area (Å²) in [6.45, 7) is 9.36. The van der Waals surface area contributed by atoms with Crippen LogP contribution in [-0.2, 0) is 0 Å². The summed E-state index contributed by atoms with van der Waals surface area (Å²) in [6, 6.07) is 0. The lowest BCUT2D eigenvalue weighted by Gasteiger charge is -2.03. The highest BCUT2D eigenvalue weighted by atomic mass is 16.3. The quantitative estimate of drug-likeness (QED) is 0.486. The molecule has 1 N–H and O–H groups in total. The molecule has 62 valence electrons. The van der Waals surface area contributed by atoms with E-state index >= 15 is 0 Å². The lowest BCUT2D eigenvalue weighted by atomic mass is 10.1. The van der Waals surface area contributed by atoms with E-state index in [4.69, 9.17) is 0 Å². The van der Waals surface area contributed by atoms with Gasteiger partial charge in [0.25, 0.3) is 0 Å². The minimum atomic E-state index is -0.508. The van der Waals surface area contributed by atoms with Crippen LogP contribution in [0.15, 0.2) is 36.0 Å². The fraction of sp³-hybridized carbons (Fsp3) is 0.400. The summed E-state index contributed by atoms with van der Waals surface area (Å²) in [5, 5.41) is 9.31. The molecular formula is C10H16O. The van der Waals surface area contributed by atoms with Gasteiger partial charge in [-0.2, -0.15) is 0 Å². The van der Waals surface area contributed by atoms with E-state index in [1.165, 1.54) is 0 Å². The van der Waals surface area contributed by atoms with Gasteiger partial charge in [0.1, 0.15) is 0 Å². The van der Waals surface area contributed by atoms with Crippen LogP contribution in [-0.4, -0.2) is 11.2 Å². The monoisotopic (exact) mass is 152 g/mol. The van der Waals surface area contributed by atoms with Crippen LogP contribution in [0.3, 0.4) is 0 Å². The highest BCUT2D eigenvalue weighted by molar-refractivity contribution is 5.21. The highest BCUT2D eigenvalue weighted by Gasteiger charge is 1.98. The average molecular weight is 152 g/mol. The summed E-state index contributed by atoms with van der Waals surface area (Å²) in [5.41, 5.74) is 1.83. The third kappa shape index (κ3) is 4.57. The van der Waals surface area contributed by atoms with Crippen LogP contribution in [0.4, 0.5) is 0 Å². The fourth-order valence-corrected chi connectivity index (χ4v) is 0.710. The Morgan fingerprint density at radius 1 is 1.45 bits per heavy atom. The maximum absolute atomic E-state index is 9.31. The number of allylic oxidation sites excluding steroid dienone is 3. The third-order valence-electron chi connectivity index (χ3n) is 1.36. The van der Waals surface area contributed by atoms with Gasteiger partial charge in [-0.25, -0.2) is 0 Å². The van der Waals surface area contributed by atoms with Crippen molar-refractivity contribution < 1.29 is 5.11 Å². The number of hydrogen-bond donors (Lipinski definition) is 1. The van der Waals surface area contributed by atoms with Crippen LogP contribution in [0.5, 0.6) is 0 Å². The van der Waals surface area contributed by atoms with Crippen molar-refractivity contribution in [3.05, 3.63) is 36.0 Å². The molecule has 0 aliphatic rings. The maximum atomic E-state index is 9.31. The lowest BCUT2D eigenvalue weighted by Crippen LogP contribution is -2.02. The Labute approximate surface area is 68.7 Å². The predicted molar refractivity (Wildman–Crippen MR) is 49.4 cm³/mol. The van der Waals surface area contributed by atoms with Gasteiger partial charge in [0, 0.05) is 0 Å². The standard InChI is InChI=1S/C10H16O/c1-5-6-9(4)7-10(11)8(2)3/h5-7,10-11H,2H2,1,3-4H3/b6-5+,9-7+. The van der Waals surface area contributed by atoms with Gasteiger partial charge >= 0.3 is 0 Å². The van der Waals surface area contributed by atoms with Crippen molar-refractivity contribution >= 4 is 0 Å². The summed E-state index contributed by atoms with van der Waals surface area (Å²) in [6.07, 6.45) is 5.16. The first-order chi connectivity index (χ1) is 5.07. The van der Waals surface area contributed by atoms with E-state index in [2.05, 4.69) is 6.58 Å². The second kappa shape index (κ2) is 4.91. The molecule has 11 heavy (non-hydrogen) atoms. The molecule has 0 aliphatic heterocycles. The van der Waals surface area contributed by atoms with Crippen molar-refractivity contribution in [2.45, 2.75) is 26.9 Å². The number of rotatable bonds is 3. The Balaban J connectivity index is 4.18. The van der Waals surface area contributed by atoms with Gasteiger partial charge in [0.15, 0.2) is 0 Å². The molecule has 0 spiro atoms. The molecular weight excluding hydrogens is 136 g/mol. The molecule has 1 heteroatoms. The highest BCUT2D eigenvalue weighted by Crippen LogP contribution is 2.04. The van der Waals surface area contributed by atoms with Crippen LogP contribution < -0.4 is 0 Å². The SMILES string of the molecule is C=C(C)C(O)/C=C(C)/C=C/C. The van der Waals surface area contributed by atoms with Crippen molar-refractivity contribution in [1.29, 1.82) is 0 Å². The molecule has 0 aromatic carbocycles. The van der Waals surface area contributed by atoms with Crippen molar-refractivity contribution in [2.24, 2.45) is 0 Å². The Bertz CT molecular complexity index is 187. The van der Waals surface area contributed by atoms with Crippen LogP contribution in [0, 0.1) is 0 Å². The van der Waals surface area contributed by atoms with Crippen LogP contribution in [0.1, 0.15) is 20.8 Å². The van der Waals surface area contributed by atoms with Crippen molar-refractivity contribution in [1.82, 2.24) is 0 Å². The maximum Gasteiger partial charge on any atom is 0.0932 e. The summed E-state index contributed by atoms with van der Waals surface area (Å²) in [4.78, 5) is 0. The number of aliphatic hydroxyl groups is 1. The van der Waals surface area contributed by atoms with Crippen LogP contribution >= 0.6 is 0 Å². The van der Waals surface area contributed by atoms with Gasteiger partial charge in [0.05, 0.1) is 6.10 Å². The molecule has 1 atom stereocenters. The molecule has 0 fully saturated rings. The third-order valence-corrected chi connectivity index (χ3v) is 1.36. The second-order valence-corrected chi connectivity index (χ2v) is 2.70. The minimum Gasteiger partial charge on any atom is -0.385 e. The van der Waals surface area contributed by atoms with E-state index in [1.807, 2.05) is 32.9 Å². The Morgan fingerprint density at radius 3 is 2.36 bits per heavy atom. The van der Waals surface area contributed by atoms with Crippen LogP contribution in [0.25, 0.3) is 0 Å². The molecule has 1 nitrogen and oxygen atoms in total. The molecule has 0 saturated heterocycles. The smallest absolute Gasteiger partial charge is 0.0932 e. The molecule has 0 aromatic rings. The van der Waals surface area contributed by atoms with E-state index < -0.39 is 6.10 Å². The molecule has 0 amide bonds. The van der Waals surface area contributed by atoms with Crippen molar-refractivity contribution in [3.8, 4) is 0 Å². The average Bonchev–Trinajstić information content (AvgIpc) is 1.87. The van der Waals surface area contributed by atoms with Crippen LogP contribution in [0.2, 0.25) is 0 Å². The summed E-state index contributed by atoms with van der Waals surface area (Å²) in [5.74, 6) is 0. The van der Waals surface area contributed by atoms with E-state index in [0.717, 1.165) is 11.1 Å². The molecule has 1 unspecified atom stereocenters. The zero-order valence-electron chi connectivity index (χ0n) is 7.46. The lowest BCUT2D eigenvalue weighted by molar-refractivity contribution is 0.259. The Kier molecular flexibility index (Phi) is 4.55. The summed E-state index contributed by atoms with van der Waals surface area (Å²) >= 11 is 0. The van der Waals surface area contributed by atoms with E-state index in [1.54, 1.807) is 6.08 Å². The fourth-order valence-electron chi connectivity index (χ4n) is 0.710. The number of hydrogen-bond acceptors (Lipinski definition) is 1. The van der Waals surface area contributed by atoms with Gasteiger partial charge < -0.3 is 5.11 Å². The first kappa shape index (κ1) is 10.2. The van der Waals surface area contributed by atoms with Crippen molar-refractivity contribution in [2.75, 3.05) is 0 Å². The van der Waals surface area contributed by atoms with Gasteiger partial charge in [-0.15, -0.1) is 0 Å². The van der Waals surface area contributed by atoms with Gasteiger partial charge in [-0.05, 0) is 32.4 Å². The van der Waals surface area contributed by atoms with Gasteiger partial charge in [-0.1, -0.05) is 24.3 Å². The number of aliphatic hydroxyl groups excluding tert-OH is 1.